The van der Waals surface area contributed by atoms with E-state index < -0.39 is 0 Å². The van der Waals surface area contributed by atoms with Gasteiger partial charge in [0, 0.05) is 34.2 Å². The number of aromatic nitrogens is 1. The van der Waals surface area contributed by atoms with E-state index in [-0.39, 0.29) is 11.9 Å². The number of para-hydroxylation sites is 1. The average molecular weight is 439 g/mol. The lowest BCUT2D eigenvalue weighted by Gasteiger charge is -2.33. The highest BCUT2D eigenvalue weighted by Crippen LogP contribution is 2.33. The SMILES string of the molecule is CCOC(=O)C1CCN(c2cc(-c3ccc(Br)cc3)nc3ccccc23)CC1. The number of halogens is 1. The number of carbonyl (C=O) groups is 1. The summed E-state index contributed by atoms with van der Waals surface area (Å²) in [7, 11) is 0. The topological polar surface area (TPSA) is 42.4 Å². The van der Waals surface area contributed by atoms with Crippen LogP contribution in [0.5, 0.6) is 0 Å². The molecule has 0 saturated carbocycles. The maximum Gasteiger partial charge on any atom is 0.309 e. The normalized spacial score (nSPS) is 15.0. The maximum absolute atomic E-state index is 12.1. The van der Waals surface area contributed by atoms with Crippen molar-refractivity contribution in [2.75, 3.05) is 24.6 Å². The van der Waals surface area contributed by atoms with Gasteiger partial charge in [0.25, 0.3) is 0 Å². The molecule has 1 aliphatic heterocycles. The van der Waals surface area contributed by atoms with Gasteiger partial charge >= 0.3 is 5.97 Å². The van der Waals surface area contributed by atoms with E-state index in [2.05, 4.69) is 57.2 Å². The quantitative estimate of drug-likeness (QED) is 0.508. The number of hydrogen-bond acceptors (Lipinski definition) is 4. The zero-order valence-corrected chi connectivity index (χ0v) is 17.5. The zero-order chi connectivity index (χ0) is 19.5. The van der Waals surface area contributed by atoms with Crippen molar-refractivity contribution in [3.63, 3.8) is 0 Å². The summed E-state index contributed by atoms with van der Waals surface area (Å²) < 4.78 is 6.26. The van der Waals surface area contributed by atoms with Crippen LogP contribution >= 0.6 is 15.9 Å². The lowest BCUT2D eigenvalue weighted by Crippen LogP contribution is -2.37. The molecule has 1 aromatic heterocycles. The van der Waals surface area contributed by atoms with Crippen molar-refractivity contribution in [1.29, 1.82) is 0 Å². The fourth-order valence-corrected chi connectivity index (χ4v) is 4.07. The fourth-order valence-electron chi connectivity index (χ4n) is 3.80. The lowest BCUT2D eigenvalue weighted by molar-refractivity contribution is -0.148. The van der Waals surface area contributed by atoms with E-state index in [1.165, 1.54) is 5.69 Å². The maximum atomic E-state index is 12.1. The van der Waals surface area contributed by atoms with Crippen molar-refractivity contribution in [3.05, 3.63) is 59.1 Å². The van der Waals surface area contributed by atoms with Crippen molar-refractivity contribution in [3.8, 4) is 11.3 Å². The van der Waals surface area contributed by atoms with Gasteiger partial charge in [0.2, 0.25) is 0 Å². The number of hydrogen-bond donors (Lipinski definition) is 0. The van der Waals surface area contributed by atoms with E-state index in [0.29, 0.717) is 6.61 Å². The minimum absolute atomic E-state index is 0.00949. The molecule has 28 heavy (non-hydrogen) atoms. The average Bonchev–Trinajstić information content (AvgIpc) is 2.74. The van der Waals surface area contributed by atoms with Crippen LogP contribution in [0.15, 0.2) is 59.1 Å². The summed E-state index contributed by atoms with van der Waals surface area (Å²) in [6.45, 7) is 4.00. The molecule has 0 N–H and O–H groups in total. The molecule has 5 heteroatoms. The van der Waals surface area contributed by atoms with Gasteiger partial charge in [-0.05, 0) is 44.0 Å². The van der Waals surface area contributed by atoms with Gasteiger partial charge in [-0.3, -0.25) is 4.79 Å². The Labute approximate surface area is 173 Å². The van der Waals surface area contributed by atoms with Crippen molar-refractivity contribution < 1.29 is 9.53 Å². The summed E-state index contributed by atoms with van der Waals surface area (Å²) in [4.78, 5) is 19.3. The fraction of sp³-hybridized carbons (Fsp3) is 0.304. The second kappa shape index (κ2) is 8.31. The third-order valence-electron chi connectivity index (χ3n) is 5.29. The van der Waals surface area contributed by atoms with E-state index >= 15 is 0 Å². The molecule has 3 aromatic rings. The Morgan fingerprint density at radius 2 is 1.86 bits per heavy atom. The molecule has 1 aliphatic rings. The predicted molar refractivity (Wildman–Crippen MR) is 116 cm³/mol. The molecule has 0 radical (unpaired) electrons. The first kappa shape index (κ1) is 18.9. The lowest BCUT2D eigenvalue weighted by atomic mass is 9.96. The first-order chi connectivity index (χ1) is 13.7. The molecule has 0 spiro atoms. The number of nitrogens with zero attached hydrogens (tertiary/aromatic N) is 2. The van der Waals surface area contributed by atoms with Gasteiger partial charge < -0.3 is 9.64 Å². The van der Waals surface area contributed by atoms with Gasteiger partial charge in [0.05, 0.1) is 23.7 Å². The number of rotatable bonds is 4. The molecule has 0 unspecified atom stereocenters. The van der Waals surface area contributed by atoms with Crippen LogP contribution in [0.2, 0.25) is 0 Å². The first-order valence-electron chi connectivity index (χ1n) is 9.73. The summed E-state index contributed by atoms with van der Waals surface area (Å²) in [5.74, 6) is -0.0486. The largest absolute Gasteiger partial charge is 0.466 e. The van der Waals surface area contributed by atoms with Gasteiger partial charge in [-0.15, -0.1) is 0 Å². The molecule has 1 saturated heterocycles. The smallest absolute Gasteiger partial charge is 0.309 e. The van der Waals surface area contributed by atoms with Crippen LogP contribution in [0, 0.1) is 5.92 Å². The minimum atomic E-state index is -0.0581. The Bertz CT molecular complexity index is 980. The molecule has 2 aromatic carbocycles. The molecule has 0 bridgehead atoms. The molecular formula is C23H23BrN2O2. The standard InChI is InChI=1S/C23H23BrN2O2/c1-2-28-23(27)17-11-13-26(14-12-17)22-15-21(16-7-9-18(24)10-8-16)25-20-6-4-3-5-19(20)22/h3-10,15,17H,2,11-14H2,1H3. The zero-order valence-electron chi connectivity index (χ0n) is 15.9. The number of anilines is 1. The number of piperidine rings is 1. The van der Waals surface area contributed by atoms with Crippen LogP contribution in [-0.4, -0.2) is 30.6 Å². The van der Waals surface area contributed by atoms with E-state index in [4.69, 9.17) is 9.72 Å². The van der Waals surface area contributed by atoms with Gasteiger partial charge in [0.15, 0.2) is 0 Å². The van der Waals surface area contributed by atoms with E-state index in [1.54, 1.807) is 0 Å². The molecule has 4 rings (SSSR count). The Morgan fingerprint density at radius 1 is 1.14 bits per heavy atom. The third kappa shape index (κ3) is 3.90. The summed E-state index contributed by atoms with van der Waals surface area (Å²) >= 11 is 3.50. The number of esters is 1. The Kier molecular flexibility index (Phi) is 5.62. The van der Waals surface area contributed by atoms with E-state index in [9.17, 15) is 4.79 Å². The Morgan fingerprint density at radius 3 is 2.57 bits per heavy atom. The monoisotopic (exact) mass is 438 g/mol. The molecule has 0 aliphatic carbocycles. The second-order valence-electron chi connectivity index (χ2n) is 7.06. The highest BCUT2D eigenvalue weighted by atomic mass is 79.9. The van der Waals surface area contributed by atoms with Gasteiger partial charge in [0.1, 0.15) is 0 Å². The summed E-state index contributed by atoms with van der Waals surface area (Å²) in [5, 5.41) is 1.15. The molecule has 2 heterocycles. The molecule has 4 nitrogen and oxygen atoms in total. The van der Waals surface area contributed by atoms with Crippen molar-refractivity contribution in [2.24, 2.45) is 5.92 Å². The molecule has 0 atom stereocenters. The van der Waals surface area contributed by atoms with Crippen molar-refractivity contribution in [1.82, 2.24) is 4.98 Å². The summed E-state index contributed by atoms with van der Waals surface area (Å²) in [5.41, 5.74) is 4.24. The minimum Gasteiger partial charge on any atom is -0.466 e. The van der Waals surface area contributed by atoms with Crippen LogP contribution in [0.4, 0.5) is 5.69 Å². The second-order valence-corrected chi connectivity index (χ2v) is 7.98. The first-order valence-corrected chi connectivity index (χ1v) is 10.5. The summed E-state index contributed by atoms with van der Waals surface area (Å²) in [6, 6.07) is 18.7. The van der Waals surface area contributed by atoms with Crippen molar-refractivity contribution in [2.45, 2.75) is 19.8 Å². The van der Waals surface area contributed by atoms with Crippen LogP contribution < -0.4 is 4.90 Å². The molecule has 1 fully saturated rings. The van der Waals surface area contributed by atoms with Gasteiger partial charge in [-0.2, -0.15) is 0 Å². The molecule has 144 valence electrons. The van der Waals surface area contributed by atoms with Crippen LogP contribution in [0.1, 0.15) is 19.8 Å². The van der Waals surface area contributed by atoms with E-state index in [0.717, 1.165) is 52.6 Å². The van der Waals surface area contributed by atoms with E-state index in [1.807, 2.05) is 25.1 Å². The van der Waals surface area contributed by atoms with Crippen LogP contribution in [0.25, 0.3) is 22.2 Å². The summed E-state index contributed by atoms with van der Waals surface area (Å²) in [6.07, 6.45) is 1.65. The number of pyridine rings is 1. The predicted octanol–water partition coefficient (Wildman–Crippen LogP) is 5.44. The van der Waals surface area contributed by atoms with Crippen LogP contribution in [-0.2, 0) is 9.53 Å². The van der Waals surface area contributed by atoms with Crippen molar-refractivity contribution >= 4 is 38.5 Å². The Balaban J connectivity index is 1.66. The van der Waals surface area contributed by atoms with Gasteiger partial charge in [-0.1, -0.05) is 46.3 Å². The Hall–Kier alpha value is -2.40. The molecule has 0 amide bonds. The van der Waals surface area contributed by atoms with Gasteiger partial charge in [-0.25, -0.2) is 4.98 Å². The number of carbonyl (C=O) groups excluding carboxylic acids is 1. The highest BCUT2D eigenvalue weighted by molar-refractivity contribution is 9.10. The third-order valence-corrected chi connectivity index (χ3v) is 5.82. The highest BCUT2D eigenvalue weighted by Gasteiger charge is 2.27. The van der Waals surface area contributed by atoms with Crippen LogP contribution in [0.3, 0.4) is 0 Å². The number of fused-ring (bicyclic) bond motifs is 1. The molecular weight excluding hydrogens is 416 g/mol. The number of benzene rings is 2. The number of ether oxygens (including phenoxy) is 1.